The highest BCUT2D eigenvalue weighted by molar-refractivity contribution is 6.37. The van der Waals surface area contributed by atoms with E-state index in [4.69, 9.17) is 27.9 Å². The van der Waals surface area contributed by atoms with Crippen molar-refractivity contribution < 1.29 is 9.53 Å². The van der Waals surface area contributed by atoms with Gasteiger partial charge in [0.05, 0.1) is 22.9 Å². The van der Waals surface area contributed by atoms with Gasteiger partial charge in [-0.3, -0.25) is 14.6 Å². The summed E-state index contributed by atoms with van der Waals surface area (Å²) in [5.74, 6) is 0.236. The molecule has 2 rings (SSSR count). The van der Waals surface area contributed by atoms with Crippen LogP contribution in [0.15, 0.2) is 26.8 Å². The fraction of sp³-hybridized carbons (Fsp3) is 0.353. The number of aromatic nitrogens is 3. The highest BCUT2D eigenvalue weighted by Gasteiger charge is 2.10. The maximum absolute atomic E-state index is 11.8. The minimum Gasteiger partial charge on any atom is -0.490 e. The van der Waals surface area contributed by atoms with Crippen molar-refractivity contribution in [1.29, 1.82) is 0 Å². The van der Waals surface area contributed by atoms with E-state index in [9.17, 15) is 14.4 Å². The van der Waals surface area contributed by atoms with Crippen LogP contribution in [0.5, 0.6) is 5.75 Å². The number of ether oxygens (including phenoxy) is 1. The van der Waals surface area contributed by atoms with Crippen LogP contribution in [0.25, 0.3) is 0 Å². The van der Waals surface area contributed by atoms with E-state index in [1.165, 1.54) is 6.21 Å². The first-order chi connectivity index (χ1) is 13.8. The molecule has 1 aromatic heterocycles. The Bertz CT molecular complexity index is 979. The Labute approximate surface area is 175 Å². The summed E-state index contributed by atoms with van der Waals surface area (Å²) >= 11 is 12.4. The number of nitrogens with one attached hydrogen (secondary N) is 4. The van der Waals surface area contributed by atoms with Gasteiger partial charge in [-0.2, -0.15) is 5.10 Å². The number of aromatic amines is 2. The zero-order valence-electron chi connectivity index (χ0n) is 15.7. The first-order valence-electron chi connectivity index (χ1n) is 8.63. The van der Waals surface area contributed by atoms with Crippen LogP contribution in [0.3, 0.4) is 0 Å². The SMILES string of the molecule is CC(C)COc1c(Cl)cc(/C=N/NC(=O)CCNc2n[nH]c(=O)[nH]c2=O)cc1Cl. The zero-order valence-corrected chi connectivity index (χ0v) is 17.2. The molecule has 0 spiro atoms. The van der Waals surface area contributed by atoms with Crippen LogP contribution >= 0.6 is 23.2 Å². The summed E-state index contributed by atoms with van der Waals surface area (Å²) in [6.45, 7) is 4.62. The molecule has 0 radical (unpaired) electrons. The van der Waals surface area contributed by atoms with Crippen molar-refractivity contribution in [2.45, 2.75) is 20.3 Å². The number of anilines is 1. The Morgan fingerprint density at radius 2 is 2.00 bits per heavy atom. The number of carbonyl (C=O) groups excluding carboxylic acids is 1. The quantitative estimate of drug-likeness (QED) is 0.344. The molecule has 0 saturated carbocycles. The second-order valence-corrected chi connectivity index (χ2v) is 7.16. The second kappa shape index (κ2) is 10.6. The van der Waals surface area contributed by atoms with Gasteiger partial charge in [0.15, 0.2) is 5.75 Å². The van der Waals surface area contributed by atoms with Gasteiger partial charge in [0.25, 0.3) is 5.56 Å². The van der Waals surface area contributed by atoms with Crippen LogP contribution < -0.4 is 26.7 Å². The van der Waals surface area contributed by atoms with Crippen LogP contribution in [-0.2, 0) is 4.79 Å². The maximum atomic E-state index is 11.8. The van der Waals surface area contributed by atoms with E-state index in [-0.39, 0.29) is 18.8 Å². The molecule has 1 aromatic carbocycles. The largest absolute Gasteiger partial charge is 0.490 e. The van der Waals surface area contributed by atoms with Gasteiger partial charge < -0.3 is 10.1 Å². The summed E-state index contributed by atoms with van der Waals surface area (Å²) < 4.78 is 5.59. The standard InChI is InChI=1S/C17H20Cl2N6O4/c1-9(2)8-29-14-11(18)5-10(6-12(14)19)7-21-23-13(26)3-4-20-15-16(27)22-17(28)25-24-15/h5-7,9H,3-4,8H2,1-2H3,(H,20,24)(H,23,26)(H2,22,25,27,28)/b21-7+. The van der Waals surface area contributed by atoms with Gasteiger partial charge in [0, 0.05) is 13.0 Å². The highest BCUT2D eigenvalue weighted by atomic mass is 35.5. The summed E-state index contributed by atoms with van der Waals surface area (Å²) in [5.41, 5.74) is 1.53. The fourth-order valence-corrected chi connectivity index (χ4v) is 2.65. The lowest BCUT2D eigenvalue weighted by Gasteiger charge is -2.12. The number of halogens is 2. The topological polar surface area (TPSA) is 141 Å². The van der Waals surface area contributed by atoms with Crippen LogP contribution in [0.2, 0.25) is 10.0 Å². The summed E-state index contributed by atoms with van der Waals surface area (Å²) in [6, 6.07) is 3.24. The summed E-state index contributed by atoms with van der Waals surface area (Å²) in [5, 5.41) is 12.8. The molecular weight excluding hydrogens is 423 g/mol. The van der Waals surface area contributed by atoms with E-state index in [1.807, 2.05) is 18.8 Å². The van der Waals surface area contributed by atoms with E-state index < -0.39 is 17.2 Å². The molecule has 4 N–H and O–H groups in total. The van der Waals surface area contributed by atoms with E-state index >= 15 is 0 Å². The van der Waals surface area contributed by atoms with Crippen molar-refractivity contribution in [2.24, 2.45) is 11.0 Å². The number of hydrogen-bond acceptors (Lipinski definition) is 7. The molecule has 0 fully saturated rings. The monoisotopic (exact) mass is 442 g/mol. The lowest BCUT2D eigenvalue weighted by molar-refractivity contribution is -0.120. The lowest BCUT2D eigenvalue weighted by atomic mass is 10.2. The smallest absolute Gasteiger partial charge is 0.342 e. The van der Waals surface area contributed by atoms with E-state index in [1.54, 1.807) is 12.1 Å². The molecule has 0 saturated heterocycles. The molecule has 0 bridgehead atoms. The average Bonchev–Trinajstić information content (AvgIpc) is 2.62. The Kier molecular flexibility index (Phi) is 8.22. The van der Waals surface area contributed by atoms with Crippen molar-refractivity contribution in [3.05, 3.63) is 48.6 Å². The maximum Gasteiger partial charge on any atom is 0.342 e. The van der Waals surface area contributed by atoms with Crippen LogP contribution in [0.4, 0.5) is 5.82 Å². The Morgan fingerprint density at radius 1 is 1.31 bits per heavy atom. The molecule has 1 amide bonds. The Morgan fingerprint density at radius 3 is 2.62 bits per heavy atom. The second-order valence-electron chi connectivity index (χ2n) is 6.34. The molecular formula is C17H20Cl2N6O4. The first kappa shape index (κ1) is 22.4. The van der Waals surface area contributed by atoms with Gasteiger partial charge in [-0.1, -0.05) is 37.0 Å². The Balaban J connectivity index is 1.84. The summed E-state index contributed by atoms with van der Waals surface area (Å²) in [4.78, 5) is 36.1. The average molecular weight is 443 g/mol. The van der Waals surface area contributed by atoms with Gasteiger partial charge >= 0.3 is 5.69 Å². The van der Waals surface area contributed by atoms with Crippen molar-refractivity contribution in [2.75, 3.05) is 18.5 Å². The van der Waals surface area contributed by atoms with Crippen LogP contribution in [0.1, 0.15) is 25.8 Å². The van der Waals surface area contributed by atoms with Crippen molar-refractivity contribution in [3.8, 4) is 5.75 Å². The van der Waals surface area contributed by atoms with Gasteiger partial charge in [0.1, 0.15) is 0 Å². The number of H-pyrrole nitrogens is 2. The number of rotatable bonds is 9. The third-order valence-corrected chi connectivity index (χ3v) is 3.90. The van der Waals surface area contributed by atoms with Crippen LogP contribution in [-0.4, -0.2) is 40.5 Å². The first-order valence-corrected chi connectivity index (χ1v) is 9.38. The molecule has 0 aliphatic rings. The number of carbonyl (C=O) groups is 1. The lowest BCUT2D eigenvalue weighted by Crippen LogP contribution is -2.28. The zero-order chi connectivity index (χ0) is 21.4. The number of benzene rings is 1. The third kappa shape index (κ3) is 7.24. The minimum absolute atomic E-state index is 0.0150. The molecule has 0 atom stereocenters. The molecule has 156 valence electrons. The molecule has 0 aliphatic heterocycles. The molecule has 0 unspecified atom stereocenters. The number of nitrogens with zero attached hydrogens (tertiary/aromatic N) is 2. The predicted molar refractivity (Wildman–Crippen MR) is 111 cm³/mol. The van der Waals surface area contributed by atoms with Crippen molar-refractivity contribution in [3.63, 3.8) is 0 Å². The predicted octanol–water partition coefficient (Wildman–Crippen LogP) is 1.75. The van der Waals surface area contributed by atoms with E-state index in [0.717, 1.165) is 0 Å². The van der Waals surface area contributed by atoms with Gasteiger partial charge in [-0.25, -0.2) is 15.3 Å². The third-order valence-electron chi connectivity index (χ3n) is 3.34. The highest BCUT2D eigenvalue weighted by Crippen LogP contribution is 2.34. The van der Waals surface area contributed by atoms with E-state index in [2.05, 4.69) is 26.0 Å². The number of amides is 1. The molecule has 0 aliphatic carbocycles. The molecule has 12 heteroatoms. The van der Waals surface area contributed by atoms with Crippen molar-refractivity contribution >= 4 is 41.1 Å². The van der Waals surface area contributed by atoms with Crippen molar-refractivity contribution in [1.82, 2.24) is 20.6 Å². The fourth-order valence-electron chi connectivity index (χ4n) is 2.04. The molecule has 29 heavy (non-hydrogen) atoms. The van der Waals surface area contributed by atoms with Gasteiger partial charge in [-0.15, -0.1) is 5.10 Å². The summed E-state index contributed by atoms with van der Waals surface area (Å²) in [6.07, 6.45) is 1.41. The molecule has 1 heterocycles. The van der Waals surface area contributed by atoms with Gasteiger partial charge in [-0.05, 0) is 23.6 Å². The summed E-state index contributed by atoms with van der Waals surface area (Å²) in [7, 11) is 0. The van der Waals surface area contributed by atoms with Gasteiger partial charge in [0.2, 0.25) is 11.7 Å². The normalized spacial score (nSPS) is 11.1. The minimum atomic E-state index is -0.715. The van der Waals surface area contributed by atoms with E-state index in [0.29, 0.717) is 33.9 Å². The van der Waals surface area contributed by atoms with Crippen LogP contribution in [0, 0.1) is 5.92 Å². The number of hydrogen-bond donors (Lipinski definition) is 4. The molecule has 2 aromatic rings. The molecule has 10 nitrogen and oxygen atoms in total. The Hall–Kier alpha value is -2.85. The number of hydrazone groups is 1.